The summed E-state index contributed by atoms with van der Waals surface area (Å²) >= 11 is 0. The van der Waals surface area contributed by atoms with Gasteiger partial charge >= 0.3 is 0 Å². The Balaban J connectivity index is 6.18. The lowest BCUT2D eigenvalue weighted by atomic mass is 9.83. The van der Waals surface area contributed by atoms with E-state index in [2.05, 4.69) is 246 Å². The van der Waals surface area contributed by atoms with Crippen molar-refractivity contribution in [2.24, 2.45) is 29.6 Å². The first-order chi connectivity index (χ1) is 29.5. The highest BCUT2D eigenvalue weighted by molar-refractivity contribution is 6.75. The molecule has 0 heterocycles. The number of carbonyl (C=O) groups excluding carboxylic acids is 1. The van der Waals surface area contributed by atoms with Crippen molar-refractivity contribution in [1.29, 1.82) is 0 Å². The van der Waals surface area contributed by atoms with Crippen molar-refractivity contribution in [3.63, 3.8) is 0 Å². The van der Waals surface area contributed by atoms with Crippen molar-refractivity contribution in [2.75, 3.05) is 13.2 Å². The topological polar surface area (TPSA) is 54.0 Å². The fraction of sp³-hybridized carbons (Fsp3) is 0.772. The molecule has 0 aromatic carbocycles. The van der Waals surface area contributed by atoms with Crippen LogP contribution in [0.5, 0.6) is 0 Å². The van der Waals surface area contributed by atoms with Gasteiger partial charge in [-0.3, -0.25) is 4.79 Å². The van der Waals surface area contributed by atoms with E-state index in [0.29, 0.717) is 19.1 Å². The van der Waals surface area contributed by atoms with Crippen LogP contribution in [0.3, 0.4) is 0 Å². The fourth-order valence-corrected chi connectivity index (χ4v) is 11.4. The van der Waals surface area contributed by atoms with E-state index in [1.165, 1.54) is 11.1 Å². The van der Waals surface area contributed by atoms with Gasteiger partial charge in [-0.15, -0.1) is 0 Å². The summed E-state index contributed by atoms with van der Waals surface area (Å²) in [4.78, 5) is 14.3. The number of allylic oxidation sites excluding steroid dienone is 8. The van der Waals surface area contributed by atoms with E-state index in [9.17, 15) is 4.79 Å². The lowest BCUT2D eigenvalue weighted by molar-refractivity contribution is -0.128. The number of carbonyl (C=O) groups is 1. The molecule has 0 fully saturated rings. The third-order valence-corrected chi connectivity index (χ3v) is 33.8. The third-order valence-electron chi connectivity index (χ3n) is 15.9. The average molecular weight is 988 g/mol. The van der Waals surface area contributed by atoms with Gasteiger partial charge in [0.05, 0.1) is 25.4 Å². The van der Waals surface area contributed by atoms with E-state index < -0.39 is 33.3 Å². The normalized spacial score (nSPS) is 18.6. The molecule has 0 N–H and O–H groups in total. The van der Waals surface area contributed by atoms with Crippen LogP contribution in [0, 0.1) is 29.6 Å². The number of hydrogen-bond acceptors (Lipinski definition) is 5. The largest absolute Gasteiger partial charge is 0.413 e. The number of Topliss-reactive ketones (excluding diaryl/α,β-unsaturated/α-hetero) is 1. The molecule has 0 spiro atoms. The Morgan fingerprint density at radius 1 is 0.591 bits per heavy atom. The molecule has 0 aromatic heterocycles. The number of hydrogen-bond donors (Lipinski definition) is 0. The van der Waals surface area contributed by atoms with Crippen LogP contribution in [-0.4, -0.2) is 64.5 Å². The minimum absolute atomic E-state index is 0.0176. The Labute approximate surface area is 416 Å². The van der Waals surface area contributed by atoms with Crippen LogP contribution in [0.25, 0.3) is 0 Å². The minimum atomic E-state index is -2.16. The fourth-order valence-electron chi connectivity index (χ4n) is 6.76. The first-order valence-electron chi connectivity index (χ1n) is 25.8. The highest BCUT2D eigenvalue weighted by Gasteiger charge is 2.44. The quantitative estimate of drug-likeness (QED) is 0.0491. The summed E-state index contributed by atoms with van der Waals surface area (Å²) < 4.78 is 27.2. The van der Waals surface area contributed by atoms with Gasteiger partial charge in [0.2, 0.25) is 0 Å². The Morgan fingerprint density at radius 2 is 1.06 bits per heavy atom. The summed E-state index contributed by atoms with van der Waals surface area (Å²) in [7, 11) is -7.82. The summed E-state index contributed by atoms with van der Waals surface area (Å²) in [5.41, 5.74) is 3.74. The van der Waals surface area contributed by atoms with E-state index in [4.69, 9.17) is 17.7 Å². The van der Waals surface area contributed by atoms with Crippen LogP contribution in [0.15, 0.2) is 71.4 Å². The van der Waals surface area contributed by atoms with Gasteiger partial charge in [-0.05, 0) is 117 Å². The Morgan fingerprint density at radius 3 is 1.53 bits per heavy atom. The first kappa shape index (κ1) is 64.8. The van der Waals surface area contributed by atoms with Crippen LogP contribution in [0.2, 0.25) is 72.5 Å². The molecule has 0 saturated heterocycles. The standard InChI is InChI=1S/C57H110O5Si4/c1-29-50(35-36-51(61-65(25,26)56(15,16)17)46(5)34-31-38-59-63(21,22)54(9,10)11)42-44(3)33-30-32-43(2)40-47(6)52(58)49(8)53(62-66(27,28)57(18,19)20)48(7)41-45(4)37-39-60-64(23,24)55(12,13)14/h30-32,34-37,40,42,44,46-49,51,53H,29,33,38-39,41H2,1-28H3/b32-30+,34-31-,36-35+,43-40+,45-37+,50-42-/t44-,46+,47-,48+,49-,51+,53-/m1/s1. The molecular formula is C57H110O5Si4. The SMILES string of the molecule is CCC(=C/[C@H](C)C/C=C/C(C)=C/[C@@H](C)C(=O)[C@@H](C)[C@H](O[Si](C)(C)C(C)(C)C)[C@@H](C)C/C(C)=C/CO[Si](C)(C)C(C)(C)C)/C=C/[C@H](O[Si](C)(C)C(C)(C)C)[C@@H](C)/C=C\CO[Si](C)(C)C(C)(C)C. The molecule has 7 atom stereocenters. The van der Waals surface area contributed by atoms with Gasteiger partial charge in [0.1, 0.15) is 5.78 Å². The Bertz CT molecular complexity index is 1670. The molecule has 0 aliphatic rings. The first-order valence-corrected chi connectivity index (χ1v) is 37.4. The molecule has 9 heteroatoms. The van der Waals surface area contributed by atoms with Gasteiger partial charge in [0, 0.05) is 17.8 Å². The maximum Gasteiger partial charge on any atom is 0.192 e. The summed E-state index contributed by atoms with van der Waals surface area (Å²) in [6.45, 7) is 64.9. The molecule has 0 unspecified atom stereocenters. The molecule has 5 nitrogen and oxygen atoms in total. The maximum atomic E-state index is 14.3. The van der Waals surface area contributed by atoms with Gasteiger partial charge in [-0.1, -0.05) is 196 Å². The molecule has 0 radical (unpaired) electrons. The lowest BCUT2D eigenvalue weighted by Crippen LogP contribution is -2.49. The lowest BCUT2D eigenvalue weighted by Gasteiger charge is -2.43. The van der Waals surface area contributed by atoms with Crippen LogP contribution < -0.4 is 0 Å². The summed E-state index contributed by atoms with van der Waals surface area (Å²) in [5.74, 6) is 0.568. The average Bonchev–Trinajstić information content (AvgIpc) is 3.13. The van der Waals surface area contributed by atoms with Gasteiger partial charge < -0.3 is 17.7 Å². The minimum Gasteiger partial charge on any atom is -0.413 e. The van der Waals surface area contributed by atoms with Crippen molar-refractivity contribution < 1.29 is 22.5 Å². The van der Waals surface area contributed by atoms with E-state index in [-0.39, 0.29) is 61.8 Å². The monoisotopic (exact) mass is 987 g/mol. The zero-order chi connectivity index (χ0) is 52.1. The second-order valence-corrected chi connectivity index (χ2v) is 45.4. The predicted molar refractivity (Wildman–Crippen MR) is 304 cm³/mol. The van der Waals surface area contributed by atoms with Crippen LogP contribution >= 0.6 is 0 Å². The number of rotatable bonds is 26. The zero-order valence-electron chi connectivity index (χ0n) is 48.8. The molecule has 0 saturated carbocycles. The summed E-state index contributed by atoms with van der Waals surface area (Å²) in [6.07, 6.45) is 22.9. The summed E-state index contributed by atoms with van der Waals surface area (Å²) in [6, 6.07) is 0. The molecule has 66 heavy (non-hydrogen) atoms. The Hall–Kier alpha value is -1.18. The van der Waals surface area contributed by atoms with Crippen LogP contribution in [-0.2, 0) is 22.5 Å². The van der Waals surface area contributed by atoms with E-state index in [0.717, 1.165) is 24.8 Å². The van der Waals surface area contributed by atoms with Gasteiger partial charge in [-0.2, -0.15) is 0 Å². The molecule has 0 amide bonds. The number of ketones is 1. The smallest absolute Gasteiger partial charge is 0.192 e. The third kappa shape index (κ3) is 21.8. The molecule has 0 rings (SSSR count). The molecule has 0 aliphatic carbocycles. The maximum absolute atomic E-state index is 14.3. The van der Waals surface area contributed by atoms with Crippen molar-refractivity contribution in [1.82, 2.24) is 0 Å². The van der Waals surface area contributed by atoms with Crippen molar-refractivity contribution >= 4 is 39.1 Å². The van der Waals surface area contributed by atoms with Gasteiger partial charge in [0.15, 0.2) is 33.3 Å². The van der Waals surface area contributed by atoms with Crippen molar-refractivity contribution in [2.45, 2.75) is 242 Å². The van der Waals surface area contributed by atoms with E-state index >= 15 is 0 Å². The highest BCUT2D eigenvalue weighted by Crippen LogP contribution is 2.42. The van der Waals surface area contributed by atoms with Gasteiger partial charge in [0.25, 0.3) is 0 Å². The highest BCUT2D eigenvalue weighted by atomic mass is 28.4. The van der Waals surface area contributed by atoms with Crippen molar-refractivity contribution in [3.05, 3.63) is 71.4 Å². The van der Waals surface area contributed by atoms with Crippen LogP contribution in [0.4, 0.5) is 0 Å². The van der Waals surface area contributed by atoms with Crippen molar-refractivity contribution in [3.8, 4) is 0 Å². The second kappa shape index (κ2) is 26.3. The summed E-state index contributed by atoms with van der Waals surface area (Å²) in [5, 5.41) is 0.527. The van der Waals surface area contributed by atoms with E-state index in [1.807, 2.05) is 0 Å². The second-order valence-electron chi connectivity index (χ2n) is 26.3. The molecule has 0 aromatic rings. The Kier molecular flexibility index (Phi) is 25.8. The molecule has 0 bridgehead atoms. The molecular weight excluding hydrogens is 877 g/mol. The molecule has 0 aliphatic heterocycles. The van der Waals surface area contributed by atoms with E-state index in [1.54, 1.807) is 0 Å². The predicted octanol–water partition coefficient (Wildman–Crippen LogP) is 18.2. The zero-order valence-corrected chi connectivity index (χ0v) is 52.8. The molecule has 384 valence electrons. The van der Waals surface area contributed by atoms with Gasteiger partial charge in [-0.25, -0.2) is 0 Å². The van der Waals surface area contributed by atoms with Crippen LogP contribution in [0.1, 0.15) is 158 Å².